The van der Waals surface area contributed by atoms with Gasteiger partial charge < -0.3 is 10.1 Å². The molecule has 0 amide bonds. The number of hydrogen-bond donors (Lipinski definition) is 1. The molecule has 1 N–H and O–H groups in total. The quantitative estimate of drug-likeness (QED) is 0.804. The summed E-state index contributed by atoms with van der Waals surface area (Å²) in [6, 6.07) is 6.93. The number of benzene rings is 1. The molecule has 1 aliphatic heterocycles. The molecule has 1 saturated heterocycles. The Morgan fingerprint density at radius 1 is 1.50 bits per heavy atom. The van der Waals surface area contributed by atoms with Crippen LogP contribution in [0.2, 0.25) is 0 Å². The molecule has 0 aliphatic carbocycles. The standard InChI is InChI=1S/C11H14INO/c1-8-2-3-9(12)6-10(8)11-7-14-5-4-13-11/h2-3,6,11,13H,4-5,7H2,1H3. The van der Waals surface area contributed by atoms with Crippen LogP contribution >= 0.6 is 22.6 Å². The molecule has 3 heteroatoms. The van der Waals surface area contributed by atoms with Crippen molar-refractivity contribution in [3.8, 4) is 0 Å². The van der Waals surface area contributed by atoms with Gasteiger partial charge >= 0.3 is 0 Å². The summed E-state index contributed by atoms with van der Waals surface area (Å²) in [5.74, 6) is 0. The van der Waals surface area contributed by atoms with Gasteiger partial charge in [0.05, 0.1) is 19.3 Å². The van der Waals surface area contributed by atoms with Gasteiger partial charge in [-0.05, 0) is 52.8 Å². The lowest BCUT2D eigenvalue weighted by Gasteiger charge is -2.25. The van der Waals surface area contributed by atoms with Crippen molar-refractivity contribution in [3.63, 3.8) is 0 Å². The van der Waals surface area contributed by atoms with E-state index in [2.05, 4.69) is 53.0 Å². The Morgan fingerprint density at radius 2 is 2.36 bits per heavy atom. The third-order valence-electron chi connectivity index (χ3n) is 2.54. The average molecular weight is 303 g/mol. The summed E-state index contributed by atoms with van der Waals surface area (Å²) in [6.45, 7) is 4.73. The number of aryl methyl sites for hydroxylation is 1. The van der Waals surface area contributed by atoms with Gasteiger partial charge in [-0.1, -0.05) is 6.07 Å². The maximum atomic E-state index is 5.47. The third-order valence-corrected chi connectivity index (χ3v) is 3.21. The predicted octanol–water partition coefficient (Wildman–Crippen LogP) is 2.26. The van der Waals surface area contributed by atoms with Crippen LogP contribution in [-0.2, 0) is 4.74 Å². The van der Waals surface area contributed by atoms with Gasteiger partial charge in [-0.25, -0.2) is 0 Å². The molecule has 2 nitrogen and oxygen atoms in total. The minimum absolute atomic E-state index is 0.374. The van der Waals surface area contributed by atoms with Crippen molar-refractivity contribution in [2.75, 3.05) is 19.8 Å². The summed E-state index contributed by atoms with van der Waals surface area (Å²) < 4.78 is 6.75. The van der Waals surface area contributed by atoms with Gasteiger partial charge in [0.15, 0.2) is 0 Å². The van der Waals surface area contributed by atoms with Crippen molar-refractivity contribution in [3.05, 3.63) is 32.9 Å². The van der Waals surface area contributed by atoms with Gasteiger partial charge in [-0.2, -0.15) is 0 Å². The lowest BCUT2D eigenvalue weighted by molar-refractivity contribution is 0.0767. The molecule has 2 rings (SSSR count). The first-order valence-electron chi connectivity index (χ1n) is 4.84. The second-order valence-corrected chi connectivity index (χ2v) is 4.83. The molecule has 0 radical (unpaired) electrons. The average Bonchev–Trinajstić information content (AvgIpc) is 2.23. The monoisotopic (exact) mass is 303 g/mol. The van der Waals surface area contributed by atoms with Crippen LogP contribution in [0.15, 0.2) is 18.2 Å². The zero-order valence-corrected chi connectivity index (χ0v) is 10.4. The smallest absolute Gasteiger partial charge is 0.0662 e. The Bertz CT molecular complexity index is 321. The Balaban J connectivity index is 2.24. The largest absolute Gasteiger partial charge is 0.378 e. The number of halogens is 1. The van der Waals surface area contributed by atoms with Crippen molar-refractivity contribution < 1.29 is 4.74 Å². The van der Waals surface area contributed by atoms with Crippen molar-refractivity contribution >= 4 is 22.6 Å². The second kappa shape index (κ2) is 4.59. The second-order valence-electron chi connectivity index (χ2n) is 3.58. The van der Waals surface area contributed by atoms with E-state index in [-0.39, 0.29) is 0 Å². The summed E-state index contributed by atoms with van der Waals surface area (Å²) in [5.41, 5.74) is 2.71. The van der Waals surface area contributed by atoms with E-state index in [0.717, 1.165) is 19.8 Å². The minimum atomic E-state index is 0.374. The maximum absolute atomic E-state index is 5.47. The molecule has 1 aromatic rings. The van der Waals surface area contributed by atoms with E-state index in [1.165, 1.54) is 14.7 Å². The fourth-order valence-electron chi connectivity index (χ4n) is 1.75. The first-order valence-corrected chi connectivity index (χ1v) is 5.92. The van der Waals surface area contributed by atoms with E-state index in [4.69, 9.17) is 4.74 Å². The van der Waals surface area contributed by atoms with Gasteiger partial charge in [0.25, 0.3) is 0 Å². The fourth-order valence-corrected chi connectivity index (χ4v) is 2.27. The van der Waals surface area contributed by atoms with E-state index in [9.17, 15) is 0 Å². The molecule has 1 heterocycles. The van der Waals surface area contributed by atoms with Crippen LogP contribution in [0.1, 0.15) is 17.2 Å². The van der Waals surface area contributed by atoms with Crippen LogP contribution in [0.5, 0.6) is 0 Å². The zero-order valence-electron chi connectivity index (χ0n) is 8.22. The van der Waals surface area contributed by atoms with Gasteiger partial charge in [0.2, 0.25) is 0 Å². The highest BCUT2D eigenvalue weighted by Gasteiger charge is 2.16. The van der Waals surface area contributed by atoms with Crippen molar-refractivity contribution in [2.45, 2.75) is 13.0 Å². The highest BCUT2D eigenvalue weighted by molar-refractivity contribution is 14.1. The fraction of sp³-hybridized carbons (Fsp3) is 0.455. The molecule has 14 heavy (non-hydrogen) atoms. The molecule has 0 aromatic heterocycles. The van der Waals surface area contributed by atoms with Crippen molar-refractivity contribution in [1.82, 2.24) is 5.32 Å². The first kappa shape index (κ1) is 10.4. The molecular formula is C11H14INO. The van der Waals surface area contributed by atoms with E-state index < -0.39 is 0 Å². The van der Waals surface area contributed by atoms with Gasteiger partial charge in [0.1, 0.15) is 0 Å². The Hall–Kier alpha value is -0.130. The highest BCUT2D eigenvalue weighted by Crippen LogP contribution is 2.21. The SMILES string of the molecule is Cc1ccc(I)cc1C1COCCN1. The highest BCUT2D eigenvalue weighted by atomic mass is 127. The molecule has 1 aromatic carbocycles. The molecule has 0 saturated carbocycles. The summed E-state index contributed by atoms with van der Waals surface area (Å²) in [6.07, 6.45) is 0. The molecule has 1 atom stereocenters. The number of morpholine rings is 1. The lowest BCUT2D eigenvalue weighted by Crippen LogP contribution is -2.34. The first-order chi connectivity index (χ1) is 6.77. The predicted molar refractivity (Wildman–Crippen MR) is 65.5 cm³/mol. The van der Waals surface area contributed by atoms with E-state index in [0.29, 0.717) is 6.04 Å². The Kier molecular flexibility index (Phi) is 3.41. The molecule has 0 spiro atoms. The number of rotatable bonds is 1. The molecular weight excluding hydrogens is 289 g/mol. The van der Waals surface area contributed by atoms with Gasteiger partial charge in [-0.15, -0.1) is 0 Å². The lowest BCUT2D eigenvalue weighted by atomic mass is 10.0. The van der Waals surface area contributed by atoms with Crippen LogP contribution in [0.4, 0.5) is 0 Å². The normalized spacial score (nSPS) is 22.3. The third kappa shape index (κ3) is 2.27. The molecule has 1 fully saturated rings. The van der Waals surface area contributed by atoms with Crippen LogP contribution in [-0.4, -0.2) is 19.8 Å². The molecule has 0 bridgehead atoms. The van der Waals surface area contributed by atoms with E-state index in [1.807, 2.05) is 0 Å². The zero-order chi connectivity index (χ0) is 9.97. The summed E-state index contributed by atoms with van der Waals surface area (Å²) in [7, 11) is 0. The Labute approximate surface area is 98.2 Å². The topological polar surface area (TPSA) is 21.3 Å². The van der Waals surface area contributed by atoms with Crippen LogP contribution in [0, 0.1) is 10.5 Å². The summed E-state index contributed by atoms with van der Waals surface area (Å²) in [4.78, 5) is 0. The number of nitrogens with one attached hydrogen (secondary N) is 1. The number of hydrogen-bond acceptors (Lipinski definition) is 2. The van der Waals surface area contributed by atoms with Crippen LogP contribution < -0.4 is 5.32 Å². The van der Waals surface area contributed by atoms with Crippen LogP contribution in [0.25, 0.3) is 0 Å². The summed E-state index contributed by atoms with van der Waals surface area (Å²) >= 11 is 2.35. The Morgan fingerprint density at radius 3 is 3.07 bits per heavy atom. The minimum Gasteiger partial charge on any atom is -0.378 e. The maximum Gasteiger partial charge on any atom is 0.0662 e. The van der Waals surface area contributed by atoms with Gasteiger partial charge in [0, 0.05) is 10.1 Å². The number of ether oxygens (including phenoxy) is 1. The van der Waals surface area contributed by atoms with E-state index in [1.54, 1.807) is 0 Å². The molecule has 76 valence electrons. The van der Waals surface area contributed by atoms with E-state index >= 15 is 0 Å². The van der Waals surface area contributed by atoms with Crippen molar-refractivity contribution in [2.24, 2.45) is 0 Å². The molecule has 1 unspecified atom stereocenters. The van der Waals surface area contributed by atoms with Crippen molar-refractivity contribution in [1.29, 1.82) is 0 Å². The van der Waals surface area contributed by atoms with Gasteiger partial charge in [-0.3, -0.25) is 0 Å². The van der Waals surface area contributed by atoms with Crippen LogP contribution in [0.3, 0.4) is 0 Å². The summed E-state index contributed by atoms with van der Waals surface area (Å²) in [5, 5.41) is 3.48. The molecule has 1 aliphatic rings.